The van der Waals surface area contributed by atoms with Crippen molar-refractivity contribution in [3.63, 3.8) is 0 Å². The van der Waals surface area contributed by atoms with Crippen molar-refractivity contribution in [2.75, 3.05) is 13.2 Å². The fourth-order valence-electron chi connectivity index (χ4n) is 1.29. The summed E-state index contributed by atoms with van der Waals surface area (Å²) in [5.41, 5.74) is 0.349. The van der Waals surface area contributed by atoms with E-state index < -0.39 is 11.2 Å². The van der Waals surface area contributed by atoms with Crippen molar-refractivity contribution < 1.29 is 14.4 Å². The lowest BCUT2D eigenvalue weighted by Crippen LogP contribution is -2.03. The minimum atomic E-state index is -0.626. The van der Waals surface area contributed by atoms with E-state index in [-0.39, 0.29) is 5.69 Å². The zero-order chi connectivity index (χ0) is 9.97. The Bertz CT molecular complexity index is 349. The molecular formula is C8H8N2O4. The summed E-state index contributed by atoms with van der Waals surface area (Å²) in [7, 11) is 0. The van der Waals surface area contributed by atoms with Crippen LogP contribution in [-0.4, -0.2) is 23.1 Å². The van der Waals surface area contributed by atoms with E-state index in [0.29, 0.717) is 18.8 Å². The number of aromatic nitrogens is 1. The Hall–Kier alpha value is -1.53. The largest absolute Gasteiger partial charge is 0.346 e. The van der Waals surface area contributed by atoms with Crippen molar-refractivity contribution in [1.82, 2.24) is 4.98 Å². The van der Waals surface area contributed by atoms with Gasteiger partial charge in [0.25, 0.3) is 5.69 Å². The maximum Gasteiger partial charge on any atom is 0.295 e. The van der Waals surface area contributed by atoms with E-state index in [2.05, 4.69) is 4.98 Å². The first-order valence-corrected chi connectivity index (χ1v) is 4.10. The zero-order valence-electron chi connectivity index (χ0n) is 7.25. The summed E-state index contributed by atoms with van der Waals surface area (Å²) in [5.74, 6) is 0. The van der Waals surface area contributed by atoms with Crippen LogP contribution in [0.3, 0.4) is 0 Å². The Morgan fingerprint density at radius 3 is 2.86 bits per heavy atom. The van der Waals surface area contributed by atoms with Gasteiger partial charge in [-0.2, -0.15) is 0 Å². The Labute approximate surface area is 79.6 Å². The second-order valence-corrected chi connectivity index (χ2v) is 2.77. The van der Waals surface area contributed by atoms with E-state index in [1.807, 2.05) is 0 Å². The normalized spacial score (nSPS) is 17.1. The van der Waals surface area contributed by atoms with E-state index >= 15 is 0 Å². The second kappa shape index (κ2) is 3.69. The molecule has 2 rings (SSSR count). The summed E-state index contributed by atoms with van der Waals surface area (Å²) >= 11 is 0. The molecule has 0 atom stereocenters. The van der Waals surface area contributed by atoms with Gasteiger partial charge in [-0.15, -0.1) is 0 Å². The lowest BCUT2D eigenvalue weighted by atomic mass is 10.2. The third-order valence-electron chi connectivity index (χ3n) is 1.91. The van der Waals surface area contributed by atoms with Crippen LogP contribution in [-0.2, 0) is 9.47 Å². The average molecular weight is 196 g/mol. The van der Waals surface area contributed by atoms with Crippen molar-refractivity contribution in [2.45, 2.75) is 6.29 Å². The first kappa shape index (κ1) is 9.04. The van der Waals surface area contributed by atoms with E-state index in [9.17, 15) is 10.1 Å². The van der Waals surface area contributed by atoms with Crippen LogP contribution in [0.1, 0.15) is 11.9 Å². The summed E-state index contributed by atoms with van der Waals surface area (Å²) in [6.45, 7) is 0.925. The van der Waals surface area contributed by atoms with Crippen LogP contribution in [0.5, 0.6) is 0 Å². The van der Waals surface area contributed by atoms with Gasteiger partial charge < -0.3 is 9.47 Å². The zero-order valence-corrected chi connectivity index (χ0v) is 7.25. The third kappa shape index (κ3) is 1.57. The standard InChI is InChI=1S/C8H8N2O4/c11-10(12)7-5-9-2-1-6(7)8-13-3-4-14-8/h1-2,5,8H,3-4H2. The Kier molecular flexibility index (Phi) is 2.38. The topological polar surface area (TPSA) is 74.5 Å². The number of nitro groups is 1. The number of pyridine rings is 1. The molecule has 1 aromatic heterocycles. The van der Waals surface area contributed by atoms with Gasteiger partial charge in [0.05, 0.1) is 23.7 Å². The van der Waals surface area contributed by atoms with Crippen LogP contribution in [0.15, 0.2) is 18.5 Å². The smallest absolute Gasteiger partial charge is 0.295 e. The highest BCUT2D eigenvalue weighted by Crippen LogP contribution is 2.29. The average Bonchev–Trinajstić information content (AvgIpc) is 2.70. The predicted molar refractivity (Wildman–Crippen MR) is 45.5 cm³/mol. The van der Waals surface area contributed by atoms with Crippen LogP contribution in [0.25, 0.3) is 0 Å². The van der Waals surface area contributed by atoms with Crippen LogP contribution in [0.4, 0.5) is 5.69 Å². The first-order valence-electron chi connectivity index (χ1n) is 4.10. The molecule has 2 heterocycles. The van der Waals surface area contributed by atoms with E-state index in [1.165, 1.54) is 18.5 Å². The Morgan fingerprint density at radius 2 is 2.21 bits per heavy atom. The molecule has 0 aromatic carbocycles. The van der Waals surface area contributed by atoms with Crippen LogP contribution in [0, 0.1) is 10.1 Å². The molecule has 6 nitrogen and oxygen atoms in total. The van der Waals surface area contributed by atoms with Crippen LogP contribution < -0.4 is 0 Å². The minimum absolute atomic E-state index is 0.0700. The molecule has 0 spiro atoms. The quantitative estimate of drug-likeness (QED) is 0.521. The molecule has 0 radical (unpaired) electrons. The Balaban J connectivity index is 2.35. The molecule has 1 aliphatic rings. The highest BCUT2D eigenvalue weighted by atomic mass is 16.7. The van der Waals surface area contributed by atoms with E-state index in [4.69, 9.17) is 9.47 Å². The van der Waals surface area contributed by atoms with Crippen molar-refractivity contribution in [2.24, 2.45) is 0 Å². The summed E-state index contributed by atoms with van der Waals surface area (Å²) in [6, 6.07) is 1.54. The fraction of sp³-hybridized carbons (Fsp3) is 0.375. The van der Waals surface area contributed by atoms with Crippen molar-refractivity contribution >= 4 is 5.69 Å². The molecule has 6 heteroatoms. The molecule has 1 fully saturated rings. The monoisotopic (exact) mass is 196 g/mol. The molecule has 1 saturated heterocycles. The highest BCUT2D eigenvalue weighted by Gasteiger charge is 2.26. The van der Waals surface area contributed by atoms with Crippen molar-refractivity contribution in [3.8, 4) is 0 Å². The SMILES string of the molecule is O=[N+]([O-])c1cnccc1C1OCCO1. The molecule has 0 saturated carbocycles. The van der Waals surface area contributed by atoms with Gasteiger partial charge in [-0.05, 0) is 6.07 Å². The maximum absolute atomic E-state index is 10.6. The molecular weight excluding hydrogens is 188 g/mol. The Morgan fingerprint density at radius 1 is 1.50 bits per heavy atom. The predicted octanol–water partition coefficient (Wildman–Crippen LogP) is 1.04. The van der Waals surface area contributed by atoms with Gasteiger partial charge in [0, 0.05) is 6.20 Å². The third-order valence-corrected chi connectivity index (χ3v) is 1.91. The summed E-state index contributed by atoms with van der Waals surface area (Å²) < 4.78 is 10.4. The summed E-state index contributed by atoms with van der Waals surface area (Å²) in [5, 5.41) is 10.6. The molecule has 1 aromatic rings. The molecule has 14 heavy (non-hydrogen) atoms. The summed E-state index contributed by atoms with van der Waals surface area (Å²) in [6.07, 6.45) is 2.05. The number of ether oxygens (including phenoxy) is 2. The summed E-state index contributed by atoms with van der Waals surface area (Å²) in [4.78, 5) is 13.8. The van der Waals surface area contributed by atoms with Crippen molar-refractivity contribution in [3.05, 3.63) is 34.1 Å². The minimum Gasteiger partial charge on any atom is -0.346 e. The molecule has 74 valence electrons. The van der Waals surface area contributed by atoms with E-state index in [1.54, 1.807) is 0 Å². The molecule has 0 aliphatic carbocycles. The number of nitrogens with zero attached hydrogens (tertiary/aromatic N) is 2. The molecule has 0 bridgehead atoms. The molecule has 1 aliphatic heterocycles. The lowest BCUT2D eigenvalue weighted by molar-refractivity contribution is -0.387. The van der Waals surface area contributed by atoms with Gasteiger partial charge >= 0.3 is 0 Å². The van der Waals surface area contributed by atoms with Crippen molar-refractivity contribution in [1.29, 1.82) is 0 Å². The van der Waals surface area contributed by atoms with Crippen LogP contribution in [0.2, 0.25) is 0 Å². The lowest BCUT2D eigenvalue weighted by Gasteiger charge is -2.08. The number of rotatable bonds is 2. The molecule has 0 N–H and O–H groups in total. The van der Waals surface area contributed by atoms with E-state index in [0.717, 1.165) is 0 Å². The van der Waals surface area contributed by atoms with Gasteiger partial charge in [0.15, 0.2) is 6.29 Å². The molecule has 0 amide bonds. The number of hydrogen-bond acceptors (Lipinski definition) is 5. The maximum atomic E-state index is 10.6. The fourth-order valence-corrected chi connectivity index (χ4v) is 1.29. The first-order chi connectivity index (χ1) is 6.79. The van der Waals surface area contributed by atoms with Crippen LogP contribution >= 0.6 is 0 Å². The van der Waals surface area contributed by atoms with Gasteiger partial charge in [0.1, 0.15) is 6.20 Å². The highest BCUT2D eigenvalue weighted by molar-refractivity contribution is 5.37. The second-order valence-electron chi connectivity index (χ2n) is 2.77. The van der Waals surface area contributed by atoms with Gasteiger partial charge in [-0.1, -0.05) is 0 Å². The number of hydrogen-bond donors (Lipinski definition) is 0. The van der Waals surface area contributed by atoms with Gasteiger partial charge in [0.2, 0.25) is 0 Å². The van der Waals surface area contributed by atoms with Gasteiger partial charge in [-0.25, -0.2) is 0 Å². The van der Waals surface area contributed by atoms with Gasteiger partial charge in [-0.3, -0.25) is 15.1 Å². The molecule has 0 unspecified atom stereocenters.